The van der Waals surface area contributed by atoms with E-state index >= 15 is 0 Å². The van der Waals surface area contributed by atoms with Gasteiger partial charge in [-0.3, -0.25) is 19.2 Å². The van der Waals surface area contributed by atoms with E-state index in [2.05, 4.69) is 27.0 Å². The van der Waals surface area contributed by atoms with Crippen molar-refractivity contribution in [3.05, 3.63) is 35.9 Å². The van der Waals surface area contributed by atoms with E-state index in [0.29, 0.717) is 0 Å². The third-order valence-corrected chi connectivity index (χ3v) is 8.50. The molecule has 0 saturated carbocycles. The smallest absolute Gasteiger partial charge is 0.430 e. The summed E-state index contributed by atoms with van der Waals surface area (Å²) in [5.74, 6) is -8.46. The molecule has 0 aromatic heterocycles. The lowest BCUT2D eigenvalue weighted by atomic mass is 9.94. The second-order valence-electron chi connectivity index (χ2n) is 14.8. The van der Waals surface area contributed by atoms with Gasteiger partial charge in [0.1, 0.15) is 36.4 Å². The van der Waals surface area contributed by atoms with Gasteiger partial charge in [-0.15, -0.1) is 0 Å². The normalized spacial score (nSPS) is 24.9. The minimum Gasteiger partial charge on any atom is -0.542 e. The van der Waals surface area contributed by atoms with E-state index in [4.69, 9.17) is 33.6 Å². The first-order valence-corrected chi connectivity index (χ1v) is 17.8. The summed E-state index contributed by atoms with van der Waals surface area (Å²) in [5.41, 5.74) is 4.69. The van der Waals surface area contributed by atoms with Crippen molar-refractivity contribution in [1.82, 2.24) is 21.3 Å². The molecule has 56 heavy (non-hydrogen) atoms. The van der Waals surface area contributed by atoms with Crippen LogP contribution in [0.25, 0.3) is 0 Å². The number of hydrogen-bond acceptors (Lipinski definition) is 12. The molecule has 8 N–H and O–H groups in total. The van der Waals surface area contributed by atoms with Gasteiger partial charge in [-0.25, -0.2) is 4.79 Å². The number of carbonyl (C=O) groups is 6. The summed E-state index contributed by atoms with van der Waals surface area (Å²) in [6.45, 7) is 9.88. The summed E-state index contributed by atoms with van der Waals surface area (Å²) >= 11 is 0. The summed E-state index contributed by atoms with van der Waals surface area (Å²) in [6.07, 6.45) is -7.59. The quantitative estimate of drug-likeness (QED) is 0.115. The standard InChI is InChI=1S/C33H49N5O11.C2HF3O2/c1-17(2)12-21(30(43)44)38-29(42)20(13-18-10-8-7-9-11-18)37-24(40)16-35-23(39)15-36-28(41)19(34)14-22-25-26(47-32(3,4)46-25)27-31(45-22)49-33(5,6)48-27;3-2(4,5)1(6)7/h7-11,17,19-22,25-27,31H,12-16,34H2,1-6H3,(H,35,39)(H,36,41)(H,37,40)(H,38,42)(H,43,44);(H,6,7)/t19-,20-,21-,22+,25-,26-,27+,31+;/m0./s1. The molecule has 3 aliphatic heterocycles. The lowest BCUT2D eigenvalue weighted by Crippen LogP contribution is -2.70. The molecule has 4 rings (SSSR count). The minimum absolute atomic E-state index is 0.00586. The predicted octanol–water partition coefficient (Wildman–Crippen LogP) is -1.74. The number of fused-ring (bicyclic) bond motifs is 3. The Kier molecular flexibility index (Phi) is 15.7. The third-order valence-electron chi connectivity index (χ3n) is 8.50. The summed E-state index contributed by atoms with van der Waals surface area (Å²) in [6, 6.07) is 5.85. The molecule has 3 saturated heterocycles. The largest absolute Gasteiger partial charge is 0.542 e. The first-order chi connectivity index (χ1) is 25.9. The molecule has 0 radical (unpaired) electrons. The van der Waals surface area contributed by atoms with Crippen LogP contribution in [0, 0.1) is 5.92 Å². The van der Waals surface area contributed by atoms with Crippen LogP contribution in [0.15, 0.2) is 30.3 Å². The maximum absolute atomic E-state index is 13.1. The van der Waals surface area contributed by atoms with Crippen LogP contribution < -0.4 is 32.1 Å². The number of ether oxygens (including phenoxy) is 5. The second kappa shape index (κ2) is 19.2. The number of carboxylic acids is 2. The Morgan fingerprint density at radius 3 is 1.95 bits per heavy atom. The van der Waals surface area contributed by atoms with Crippen LogP contribution in [-0.4, -0.2) is 120 Å². The molecule has 0 spiro atoms. The van der Waals surface area contributed by atoms with E-state index in [1.165, 1.54) is 0 Å². The van der Waals surface area contributed by atoms with Crippen LogP contribution in [0.1, 0.15) is 59.9 Å². The average Bonchev–Trinajstić information content (AvgIpc) is 3.59. The van der Waals surface area contributed by atoms with Crippen LogP contribution in [-0.2, 0) is 58.9 Å². The number of nitrogens with one attached hydrogen (secondary N) is 4. The number of carboxylic acid groups (broad SMARTS) is 2. The van der Waals surface area contributed by atoms with Crippen molar-refractivity contribution in [2.45, 2.75) is 127 Å². The molecule has 8 atom stereocenters. The SMILES string of the molecule is CC(C)C[C@H](NC(=O)[C@H](Cc1ccccc1)NC(=O)CNC(=O)CNC(=O)[C@@H]([NH3+])C[C@H]1O[C@@H]2OC(C)(C)O[C@@H]2[C@H]2OC(C)(C)O[C@H]21)C(=O)O.O=C([O-])C(F)(F)F. The molecule has 3 fully saturated rings. The van der Waals surface area contributed by atoms with Gasteiger partial charge in [-0.1, -0.05) is 44.2 Å². The van der Waals surface area contributed by atoms with Gasteiger partial charge in [-0.2, -0.15) is 13.2 Å². The predicted molar refractivity (Wildman–Crippen MR) is 182 cm³/mol. The first kappa shape index (κ1) is 46.0. The van der Waals surface area contributed by atoms with Crippen LogP contribution in [0.2, 0.25) is 0 Å². The van der Waals surface area contributed by atoms with E-state index < -0.39 is 115 Å². The number of amides is 4. The number of alkyl halides is 3. The fourth-order valence-corrected chi connectivity index (χ4v) is 6.09. The van der Waals surface area contributed by atoms with Crippen LogP contribution in [0.4, 0.5) is 13.2 Å². The molecule has 0 aliphatic carbocycles. The van der Waals surface area contributed by atoms with Crippen molar-refractivity contribution in [3.63, 3.8) is 0 Å². The molecule has 18 nitrogen and oxygen atoms in total. The van der Waals surface area contributed by atoms with Crippen molar-refractivity contribution in [2.24, 2.45) is 5.92 Å². The van der Waals surface area contributed by atoms with Gasteiger partial charge >= 0.3 is 12.1 Å². The van der Waals surface area contributed by atoms with E-state index in [1.807, 2.05) is 13.8 Å². The van der Waals surface area contributed by atoms with Crippen molar-refractivity contribution < 1.29 is 81.6 Å². The van der Waals surface area contributed by atoms with E-state index in [1.54, 1.807) is 58.0 Å². The molecule has 1 aromatic rings. The van der Waals surface area contributed by atoms with Crippen molar-refractivity contribution in [2.75, 3.05) is 13.1 Å². The second-order valence-corrected chi connectivity index (χ2v) is 14.8. The maximum Gasteiger partial charge on any atom is 0.430 e. The highest BCUT2D eigenvalue weighted by Gasteiger charge is 2.61. The first-order valence-electron chi connectivity index (χ1n) is 17.8. The molecule has 3 aliphatic rings. The Bertz CT molecular complexity index is 1560. The molecule has 1 aromatic carbocycles. The monoisotopic (exact) mass is 805 g/mol. The van der Waals surface area contributed by atoms with Crippen LogP contribution >= 0.6 is 0 Å². The summed E-state index contributed by atoms with van der Waals surface area (Å²) in [5, 5.41) is 28.4. The van der Waals surface area contributed by atoms with Gasteiger partial charge in [0.15, 0.2) is 23.9 Å². The van der Waals surface area contributed by atoms with Crippen molar-refractivity contribution in [3.8, 4) is 0 Å². The number of hydrogen-bond donors (Lipinski definition) is 6. The van der Waals surface area contributed by atoms with Crippen LogP contribution in [0.5, 0.6) is 0 Å². The highest BCUT2D eigenvalue weighted by molar-refractivity contribution is 5.93. The van der Waals surface area contributed by atoms with Crippen molar-refractivity contribution >= 4 is 35.6 Å². The molecule has 0 bridgehead atoms. The van der Waals surface area contributed by atoms with Gasteiger partial charge in [-0.05, 0) is 45.6 Å². The number of carbonyl (C=O) groups excluding carboxylic acids is 5. The molecule has 314 valence electrons. The number of rotatable bonds is 15. The van der Waals surface area contributed by atoms with Gasteiger partial charge < -0.3 is 65.7 Å². The fraction of sp³-hybridized carbons (Fsp3) is 0.657. The Labute approximate surface area is 320 Å². The van der Waals surface area contributed by atoms with E-state index in [0.717, 1.165) is 5.56 Å². The van der Waals surface area contributed by atoms with E-state index in [-0.39, 0.29) is 25.2 Å². The topological polar surface area (TPSA) is 268 Å². The maximum atomic E-state index is 13.1. The Hall–Kier alpha value is -4.41. The summed E-state index contributed by atoms with van der Waals surface area (Å²) < 4.78 is 61.8. The molecule has 4 amide bonds. The van der Waals surface area contributed by atoms with Gasteiger partial charge in [0.05, 0.1) is 19.2 Å². The number of quaternary nitrogens is 1. The Morgan fingerprint density at radius 1 is 0.821 bits per heavy atom. The molecule has 21 heteroatoms. The Balaban J connectivity index is 0.00000109. The number of aliphatic carboxylic acids is 2. The lowest BCUT2D eigenvalue weighted by molar-refractivity contribution is -0.411. The molecular formula is C35H50F3N5O13. The minimum atomic E-state index is -5.19. The zero-order valence-corrected chi connectivity index (χ0v) is 31.8. The van der Waals surface area contributed by atoms with Gasteiger partial charge in [0.25, 0.3) is 5.91 Å². The zero-order chi connectivity index (χ0) is 42.2. The van der Waals surface area contributed by atoms with Gasteiger partial charge in [0.2, 0.25) is 17.7 Å². The molecular weight excluding hydrogens is 755 g/mol. The number of benzene rings is 1. The lowest BCUT2D eigenvalue weighted by Gasteiger charge is -2.37. The number of halogens is 3. The zero-order valence-electron chi connectivity index (χ0n) is 31.8. The van der Waals surface area contributed by atoms with Crippen molar-refractivity contribution in [1.29, 1.82) is 0 Å². The van der Waals surface area contributed by atoms with Gasteiger partial charge in [0, 0.05) is 12.8 Å². The van der Waals surface area contributed by atoms with E-state index in [9.17, 15) is 42.3 Å². The summed E-state index contributed by atoms with van der Waals surface area (Å²) in [4.78, 5) is 71.9. The third kappa shape index (κ3) is 14.0. The average molecular weight is 806 g/mol. The van der Waals surface area contributed by atoms with Crippen LogP contribution in [0.3, 0.4) is 0 Å². The summed E-state index contributed by atoms with van der Waals surface area (Å²) in [7, 11) is 0. The fourth-order valence-electron chi connectivity index (χ4n) is 6.09. The highest BCUT2D eigenvalue weighted by Crippen LogP contribution is 2.44. The highest BCUT2D eigenvalue weighted by atomic mass is 19.4. The Morgan fingerprint density at radius 2 is 1.38 bits per heavy atom. The molecule has 3 heterocycles. The molecule has 0 unspecified atom stereocenters.